The fourth-order valence-electron chi connectivity index (χ4n) is 7.95. The fourth-order valence-corrected chi connectivity index (χ4v) is 9.09. The van der Waals surface area contributed by atoms with E-state index in [-0.39, 0.29) is 0 Å². The smallest absolute Gasteiger partial charge is 0.180 e. The molecule has 0 spiro atoms. The Morgan fingerprint density at radius 1 is 0.368 bits per heavy atom. The number of aromatic nitrogens is 5. The van der Waals surface area contributed by atoms with Gasteiger partial charge in [-0.2, -0.15) is 0 Å². The summed E-state index contributed by atoms with van der Waals surface area (Å²) < 4.78 is 15.4. The molecule has 0 amide bonds. The van der Waals surface area contributed by atoms with Crippen LogP contribution in [0.15, 0.2) is 173 Å². The molecule has 0 aliphatic heterocycles. The molecule has 8 heteroatoms. The molecule has 0 saturated carbocycles. The van der Waals surface area contributed by atoms with Crippen molar-refractivity contribution in [2.45, 2.75) is 0 Å². The summed E-state index contributed by atoms with van der Waals surface area (Å²) in [6.45, 7) is 0. The molecule has 0 radical (unpaired) electrons. The van der Waals surface area contributed by atoms with Crippen molar-refractivity contribution in [1.82, 2.24) is 24.9 Å². The van der Waals surface area contributed by atoms with Gasteiger partial charge >= 0.3 is 0 Å². The number of hydrogen-bond acceptors (Lipinski definition) is 8. The van der Waals surface area contributed by atoms with Crippen molar-refractivity contribution in [3.05, 3.63) is 164 Å². The molecule has 5 aromatic heterocycles. The highest BCUT2D eigenvalue weighted by atomic mass is 32.1. The minimum absolute atomic E-state index is 0.542. The van der Waals surface area contributed by atoms with Gasteiger partial charge in [-0.1, -0.05) is 127 Å². The minimum Gasteiger partial charge on any atom is -0.456 e. The molecular weight excluding hydrogens is 723 g/mol. The number of fused-ring (bicyclic) bond motifs is 9. The molecule has 0 N–H and O–H groups in total. The van der Waals surface area contributed by atoms with Crippen LogP contribution < -0.4 is 0 Å². The molecule has 266 valence electrons. The van der Waals surface area contributed by atoms with Crippen LogP contribution in [0.3, 0.4) is 0 Å². The molecule has 0 fully saturated rings. The number of nitrogens with zero attached hydrogens (tertiary/aromatic N) is 5. The first-order chi connectivity index (χ1) is 28.2. The normalized spacial score (nSPS) is 11.9. The number of furan rings is 2. The summed E-state index contributed by atoms with van der Waals surface area (Å²) in [4.78, 5) is 25.9. The van der Waals surface area contributed by atoms with E-state index in [2.05, 4.69) is 54.6 Å². The maximum Gasteiger partial charge on any atom is 0.180 e. The highest BCUT2D eigenvalue weighted by Crippen LogP contribution is 2.43. The molecule has 0 saturated heterocycles. The van der Waals surface area contributed by atoms with Gasteiger partial charge in [0.25, 0.3) is 0 Å². The Bertz CT molecular complexity index is 3540. The average Bonchev–Trinajstić information content (AvgIpc) is 3.97. The Labute approximate surface area is 328 Å². The Kier molecular flexibility index (Phi) is 6.96. The fraction of sp³-hybridized carbons (Fsp3) is 0. The maximum atomic E-state index is 6.60. The van der Waals surface area contributed by atoms with Gasteiger partial charge < -0.3 is 8.83 Å². The summed E-state index contributed by atoms with van der Waals surface area (Å²) >= 11 is 1.78. The molecule has 57 heavy (non-hydrogen) atoms. The van der Waals surface area contributed by atoms with Crippen LogP contribution in [0.25, 0.3) is 121 Å². The first kappa shape index (κ1) is 31.8. The van der Waals surface area contributed by atoms with Crippen molar-refractivity contribution in [2.75, 3.05) is 0 Å². The second kappa shape index (κ2) is 12.5. The van der Waals surface area contributed by atoms with E-state index >= 15 is 0 Å². The van der Waals surface area contributed by atoms with Crippen LogP contribution in [0.4, 0.5) is 0 Å². The summed E-state index contributed by atoms with van der Waals surface area (Å²) in [5.41, 5.74) is 8.72. The van der Waals surface area contributed by atoms with Gasteiger partial charge in [-0.15, -0.1) is 11.3 Å². The Morgan fingerprint density at radius 3 is 1.70 bits per heavy atom. The lowest BCUT2D eigenvalue weighted by Gasteiger charge is -2.10. The summed E-state index contributed by atoms with van der Waals surface area (Å²) in [7, 11) is 0. The monoisotopic (exact) mass is 749 g/mol. The highest BCUT2D eigenvalue weighted by Gasteiger charge is 2.23. The lowest BCUT2D eigenvalue weighted by Crippen LogP contribution is -2.00. The predicted octanol–water partition coefficient (Wildman–Crippen LogP) is 13.2. The van der Waals surface area contributed by atoms with Crippen LogP contribution in [-0.4, -0.2) is 24.9 Å². The van der Waals surface area contributed by atoms with Crippen LogP contribution in [0.5, 0.6) is 0 Å². The third-order valence-corrected chi connectivity index (χ3v) is 11.7. The molecule has 7 nitrogen and oxygen atoms in total. The van der Waals surface area contributed by atoms with E-state index in [9.17, 15) is 0 Å². The van der Waals surface area contributed by atoms with Gasteiger partial charge in [0.05, 0.1) is 0 Å². The predicted molar refractivity (Wildman–Crippen MR) is 230 cm³/mol. The maximum absolute atomic E-state index is 6.60. The minimum atomic E-state index is 0.542. The first-order valence-corrected chi connectivity index (χ1v) is 19.5. The standard InChI is InChI=1S/C49H27N5O2S/c1-3-13-28(14-4-1)43-45-44(33-18-7-9-21-36(33)56-45)51-48(50-43)34-19-11-22-37-41(34)42-35(20-12-23-38(42)55-37)49-53-46(29-15-5-2-6-16-29)52-47(54-49)30-25-26-32-31-17-8-10-24-39(31)57-40(32)27-30/h1-27H. The van der Waals surface area contributed by atoms with E-state index in [0.29, 0.717) is 40.0 Å². The van der Waals surface area contributed by atoms with Gasteiger partial charge in [-0.05, 0) is 36.4 Å². The summed E-state index contributed by atoms with van der Waals surface area (Å²) in [6.07, 6.45) is 0. The largest absolute Gasteiger partial charge is 0.456 e. The molecule has 7 aromatic carbocycles. The third-order valence-electron chi connectivity index (χ3n) is 10.6. The lowest BCUT2D eigenvalue weighted by atomic mass is 10.0. The second-order valence-electron chi connectivity index (χ2n) is 14.0. The van der Waals surface area contributed by atoms with Crippen LogP contribution in [0.2, 0.25) is 0 Å². The van der Waals surface area contributed by atoms with E-state index in [1.54, 1.807) is 11.3 Å². The lowest BCUT2D eigenvalue weighted by molar-refractivity contribution is 0.667. The van der Waals surface area contributed by atoms with Crippen molar-refractivity contribution >= 4 is 75.5 Å². The quantitative estimate of drug-likeness (QED) is 0.173. The number of hydrogen-bond donors (Lipinski definition) is 0. The zero-order valence-electron chi connectivity index (χ0n) is 30.0. The average molecular weight is 750 g/mol. The molecule has 0 aliphatic rings. The number of rotatable bonds is 5. The van der Waals surface area contributed by atoms with Crippen molar-refractivity contribution < 1.29 is 8.83 Å². The van der Waals surface area contributed by atoms with Crippen molar-refractivity contribution in [2.24, 2.45) is 0 Å². The van der Waals surface area contributed by atoms with Gasteiger partial charge in [0.2, 0.25) is 0 Å². The second-order valence-corrected chi connectivity index (χ2v) is 15.1. The SMILES string of the molecule is c1ccc(-c2nc(-c3ccc4c(c3)sc3ccccc34)nc(-c3cccc4oc5cccc(-c6nc(-c7ccccc7)c7oc8ccccc8c7n6)c5c34)n2)cc1. The number of benzene rings is 7. The molecular formula is C49H27N5O2S. The molecule has 5 heterocycles. The van der Waals surface area contributed by atoms with Gasteiger partial charge in [-0.25, -0.2) is 24.9 Å². The van der Waals surface area contributed by atoms with Crippen LogP contribution >= 0.6 is 11.3 Å². The van der Waals surface area contributed by atoms with Gasteiger partial charge in [0.1, 0.15) is 28.0 Å². The van der Waals surface area contributed by atoms with E-state index < -0.39 is 0 Å². The highest BCUT2D eigenvalue weighted by molar-refractivity contribution is 7.25. The van der Waals surface area contributed by atoms with E-state index in [1.165, 1.54) is 20.2 Å². The van der Waals surface area contributed by atoms with Crippen LogP contribution in [0.1, 0.15) is 0 Å². The molecule has 12 rings (SSSR count). The van der Waals surface area contributed by atoms with E-state index in [4.69, 9.17) is 33.8 Å². The Balaban J connectivity index is 1.11. The summed E-state index contributed by atoms with van der Waals surface area (Å²) in [6, 6.07) is 55.2. The zero-order valence-corrected chi connectivity index (χ0v) is 30.9. The topological polar surface area (TPSA) is 90.7 Å². The molecule has 0 bridgehead atoms. The zero-order chi connectivity index (χ0) is 37.5. The van der Waals surface area contributed by atoms with Crippen molar-refractivity contribution in [1.29, 1.82) is 0 Å². The van der Waals surface area contributed by atoms with Crippen molar-refractivity contribution in [3.8, 4) is 56.8 Å². The Hall–Kier alpha value is -7.55. The van der Waals surface area contributed by atoms with E-state index in [1.807, 2.05) is 109 Å². The molecule has 0 aliphatic carbocycles. The third kappa shape index (κ3) is 5.08. The van der Waals surface area contributed by atoms with Gasteiger partial charge in [-0.3, -0.25) is 0 Å². The van der Waals surface area contributed by atoms with Crippen LogP contribution in [0, 0.1) is 0 Å². The Morgan fingerprint density at radius 2 is 0.947 bits per heavy atom. The number of thiophene rings is 1. The van der Waals surface area contributed by atoms with Gasteiger partial charge in [0, 0.05) is 64.1 Å². The van der Waals surface area contributed by atoms with E-state index in [0.717, 1.165) is 60.8 Å². The van der Waals surface area contributed by atoms with Crippen molar-refractivity contribution in [3.63, 3.8) is 0 Å². The summed E-state index contributed by atoms with van der Waals surface area (Å²) in [5, 5.41) is 5.15. The molecule has 0 unspecified atom stereocenters. The first-order valence-electron chi connectivity index (χ1n) is 18.7. The summed E-state index contributed by atoms with van der Waals surface area (Å²) in [5.74, 6) is 2.29. The molecule has 12 aromatic rings. The van der Waals surface area contributed by atoms with Gasteiger partial charge in [0.15, 0.2) is 28.9 Å². The molecule has 0 atom stereocenters. The van der Waals surface area contributed by atoms with Crippen LogP contribution in [-0.2, 0) is 0 Å². The number of para-hydroxylation sites is 1.